The van der Waals surface area contributed by atoms with Crippen molar-refractivity contribution in [3.8, 4) is 0 Å². The van der Waals surface area contributed by atoms with Gasteiger partial charge in [0.2, 0.25) is 0 Å². The Kier molecular flexibility index (Phi) is 4.93. The van der Waals surface area contributed by atoms with Crippen LogP contribution >= 0.6 is 11.8 Å². The van der Waals surface area contributed by atoms with Crippen LogP contribution in [0.5, 0.6) is 0 Å². The molecule has 0 radical (unpaired) electrons. The molecule has 126 valence electrons. The fourth-order valence-electron chi connectivity index (χ4n) is 3.05. The minimum atomic E-state index is 0.184. The van der Waals surface area contributed by atoms with Crippen LogP contribution in [0.1, 0.15) is 33.1 Å². The summed E-state index contributed by atoms with van der Waals surface area (Å²) >= 11 is 1.62. The second-order valence-electron chi connectivity index (χ2n) is 6.02. The summed E-state index contributed by atoms with van der Waals surface area (Å²) in [6, 6.07) is 0.184. The number of nitrogens with zero attached hydrogens (tertiary/aromatic N) is 3. The molecule has 0 aromatic carbocycles. The van der Waals surface area contributed by atoms with Crippen molar-refractivity contribution in [1.82, 2.24) is 15.5 Å². The molecule has 0 bridgehead atoms. The van der Waals surface area contributed by atoms with Crippen molar-refractivity contribution in [2.24, 2.45) is 5.92 Å². The molecular weight excluding hydrogens is 312 g/mol. The van der Waals surface area contributed by atoms with E-state index in [2.05, 4.69) is 40.9 Å². The maximum atomic E-state index is 9.16. The number of rotatable bonds is 6. The van der Waals surface area contributed by atoms with E-state index in [9.17, 15) is 0 Å². The van der Waals surface area contributed by atoms with E-state index >= 15 is 0 Å². The average molecular weight is 336 g/mol. The third-order valence-corrected chi connectivity index (χ3v) is 5.22. The first-order chi connectivity index (χ1) is 11.1. The highest BCUT2D eigenvalue weighted by atomic mass is 32.2. The minimum absolute atomic E-state index is 0.184. The highest BCUT2D eigenvalue weighted by Crippen LogP contribution is 2.39. The Morgan fingerprint density at radius 1 is 1.48 bits per heavy atom. The van der Waals surface area contributed by atoms with Crippen LogP contribution < -0.4 is 21.7 Å². The van der Waals surface area contributed by atoms with Crippen LogP contribution in [0.2, 0.25) is 0 Å². The Balaban J connectivity index is 1.87. The van der Waals surface area contributed by atoms with Gasteiger partial charge in [-0.25, -0.2) is 9.97 Å². The molecule has 2 atom stereocenters. The molecule has 1 aromatic rings. The van der Waals surface area contributed by atoms with Gasteiger partial charge in [0.15, 0.2) is 16.8 Å². The first kappa shape index (κ1) is 16.4. The summed E-state index contributed by atoms with van der Waals surface area (Å²) in [4.78, 5) is 9.04. The fourth-order valence-corrected chi connectivity index (χ4v) is 3.75. The number of aromatic nitrogens is 2. The molecule has 1 aliphatic heterocycles. The maximum absolute atomic E-state index is 9.16. The predicted octanol–water partition coefficient (Wildman–Crippen LogP) is 1.93. The van der Waals surface area contributed by atoms with Crippen molar-refractivity contribution in [3.63, 3.8) is 0 Å². The number of aliphatic hydroxyl groups excluding tert-OH is 1. The van der Waals surface area contributed by atoms with Gasteiger partial charge in [-0.15, -0.1) is 5.53 Å². The van der Waals surface area contributed by atoms with Gasteiger partial charge in [-0.05, 0) is 25.2 Å². The number of hydrazine groups is 2. The molecule has 0 spiro atoms. The molecule has 0 fully saturated rings. The van der Waals surface area contributed by atoms with Crippen molar-refractivity contribution in [2.45, 2.75) is 44.3 Å². The number of hydrogen-bond donors (Lipinski definition) is 4. The molecule has 0 saturated carbocycles. The third-order valence-electron chi connectivity index (χ3n) is 4.17. The number of aliphatic hydroxyl groups is 1. The Morgan fingerprint density at radius 3 is 3.04 bits per heavy atom. The fraction of sp³-hybridized carbons (Fsp3) is 0.600. The molecule has 1 aliphatic carbocycles. The smallest absolute Gasteiger partial charge is 0.191 e. The largest absolute Gasteiger partial charge is 0.396 e. The van der Waals surface area contributed by atoms with Crippen LogP contribution in [0.15, 0.2) is 16.8 Å². The van der Waals surface area contributed by atoms with Crippen LogP contribution in [0, 0.1) is 5.92 Å². The van der Waals surface area contributed by atoms with Gasteiger partial charge in [0.25, 0.3) is 0 Å². The molecule has 2 heterocycles. The Labute approximate surface area is 140 Å². The summed E-state index contributed by atoms with van der Waals surface area (Å²) in [5.41, 5.74) is 14.4. The van der Waals surface area contributed by atoms with Gasteiger partial charge in [0, 0.05) is 12.4 Å². The summed E-state index contributed by atoms with van der Waals surface area (Å²) in [5.74, 6) is 2.68. The van der Waals surface area contributed by atoms with Crippen molar-refractivity contribution >= 4 is 29.1 Å². The topological polar surface area (TPSA) is 99.3 Å². The number of hydrogen-bond acceptors (Lipinski definition) is 8. The normalized spacial score (nSPS) is 22.9. The number of thioether (sulfide) groups is 1. The van der Waals surface area contributed by atoms with Gasteiger partial charge >= 0.3 is 0 Å². The molecule has 1 aromatic heterocycles. The van der Waals surface area contributed by atoms with Crippen molar-refractivity contribution < 1.29 is 5.11 Å². The van der Waals surface area contributed by atoms with Crippen LogP contribution in [-0.4, -0.2) is 33.5 Å². The van der Waals surface area contributed by atoms with Crippen molar-refractivity contribution in [1.29, 1.82) is 0 Å². The third kappa shape index (κ3) is 3.24. The average Bonchev–Trinajstić information content (AvgIpc) is 3.09. The van der Waals surface area contributed by atoms with E-state index in [0.29, 0.717) is 16.9 Å². The van der Waals surface area contributed by atoms with E-state index in [1.54, 1.807) is 11.8 Å². The summed E-state index contributed by atoms with van der Waals surface area (Å²) in [6.07, 6.45) is 5.02. The zero-order valence-corrected chi connectivity index (χ0v) is 14.4. The van der Waals surface area contributed by atoms with Crippen LogP contribution in [-0.2, 0) is 0 Å². The Hall–Kier alpha value is -1.51. The predicted molar refractivity (Wildman–Crippen MR) is 94.1 cm³/mol. The molecule has 5 N–H and O–H groups in total. The molecule has 0 saturated heterocycles. The minimum Gasteiger partial charge on any atom is -0.396 e. The highest BCUT2D eigenvalue weighted by molar-refractivity contribution is 7.99. The summed E-state index contributed by atoms with van der Waals surface area (Å²) in [6.45, 7) is 4.54. The molecule has 23 heavy (non-hydrogen) atoms. The number of fused-ring (bicyclic) bond motifs is 1. The van der Waals surface area contributed by atoms with Gasteiger partial charge in [-0.3, -0.25) is 10.4 Å². The van der Waals surface area contributed by atoms with E-state index in [1.165, 1.54) is 5.57 Å². The highest BCUT2D eigenvalue weighted by Gasteiger charge is 2.35. The molecule has 0 amide bonds. The Morgan fingerprint density at radius 2 is 2.30 bits per heavy atom. The van der Waals surface area contributed by atoms with E-state index in [-0.39, 0.29) is 12.6 Å². The van der Waals surface area contributed by atoms with Gasteiger partial charge in [-0.2, -0.15) is 0 Å². The van der Waals surface area contributed by atoms with Gasteiger partial charge < -0.3 is 10.8 Å². The van der Waals surface area contributed by atoms with E-state index in [0.717, 1.165) is 36.5 Å². The molecule has 2 unspecified atom stereocenters. The molecular formula is C15H24N6OS. The molecule has 7 nitrogen and oxygen atoms in total. The number of nitrogens with two attached hydrogens (primary N) is 1. The van der Waals surface area contributed by atoms with Crippen molar-refractivity contribution in [3.05, 3.63) is 11.6 Å². The molecule has 8 heteroatoms. The standard InChI is InChI=1S/C15H24N6OS/c1-3-6-23-15-17-13(16)12-14(18-15)21(20-19-12)11-8-10(4-5-22)7-9(11)2/h8-9,11,19-20,22H,3-7H2,1-2H3,(H2,16,17,18). The quantitative estimate of drug-likeness (QED) is 0.355. The first-order valence-corrected chi connectivity index (χ1v) is 9.04. The van der Waals surface area contributed by atoms with Crippen LogP contribution in [0.4, 0.5) is 17.3 Å². The molecule has 2 aliphatic rings. The maximum Gasteiger partial charge on any atom is 0.191 e. The van der Waals surface area contributed by atoms with E-state index in [4.69, 9.17) is 10.8 Å². The van der Waals surface area contributed by atoms with E-state index in [1.807, 2.05) is 5.01 Å². The zero-order chi connectivity index (χ0) is 16.4. The van der Waals surface area contributed by atoms with Crippen molar-refractivity contribution in [2.75, 3.05) is 28.5 Å². The second-order valence-corrected chi connectivity index (χ2v) is 7.08. The lowest BCUT2D eigenvalue weighted by atomic mass is 10.0. The molecule has 3 rings (SSSR count). The summed E-state index contributed by atoms with van der Waals surface area (Å²) in [5, 5.41) is 11.9. The van der Waals surface area contributed by atoms with Gasteiger partial charge in [0.1, 0.15) is 5.69 Å². The second kappa shape index (κ2) is 6.94. The summed E-state index contributed by atoms with van der Waals surface area (Å²) in [7, 11) is 0. The lowest BCUT2D eigenvalue weighted by Gasteiger charge is -2.27. The SMILES string of the molecule is CCCSc1nc(N)c2c(n1)N(C1C=C(CCO)CC1C)NN2. The van der Waals surface area contributed by atoms with Gasteiger partial charge in [-0.1, -0.05) is 37.3 Å². The zero-order valence-electron chi connectivity index (χ0n) is 13.5. The first-order valence-electron chi connectivity index (χ1n) is 8.05. The van der Waals surface area contributed by atoms with Crippen LogP contribution in [0.25, 0.3) is 0 Å². The number of nitrogen functional groups attached to an aromatic ring is 1. The lowest BCUT2D eigenvalue weighted by molar-refractivity contribution is 0.297. The number of anilines is 3. The Bertz CT molecular complexity index is 608. The van der Waals surface area contributed by atoms with E-state index < -0.39 is 0 Å². The van der Waals surface area contributed by atoms with Gasteiger partial charge in [0.05, 0.1) is 6.04 Å². The lowest BCUT2D eigenvalue weighted by Crippen LogP contribution is -2.45. The van der Waals surface area contributed by atoms with Crippen LogP contribution in [0.3, 0.4) is 0 Å². The monoisotopic (exact) mass is 336 g/mol. The summed E-state index contributed by atoms with van der Waals surface area (Å²) < 4.78 is 0. The number of nitrogens with one attached hydrogen (secondary N) is 2.